The number of pyridine rings is 1. The summed E-state index contributed by atoms with van der Waals surface area (Å²) in [7, 11) is 2.18. The maximum atomic E-state index is 4.87. The first kappa shape index (κ1) is 18.0. The zero-order valence-electron chi connectivity index (χ0n) is 14.7. The standard InChI is InChI=1S/C18H33N3/c1-7-10-16-11-15(13-19-14(4)5)12-18(20-16)21(6)17(8-2)9-3/h11-12,14,17,19H,7-10,13H2,1-6H3. The summed E-state index contributed by atoms with van der Waals surface area (Å²) in [6, 6.07) is 5.57. The van der Waals surface area contributed by atoms with Crippen LogP contribution < -0.4 is 10.2 Å². The SMILES string of the molecule is CCCc1cc(CNC(C)C)cc(N(C)C(CC)CC)n1. The molecule has 0 amide bonds. The first-order valence-corrected chi connectivity index (χ1v) is 8.47. The van der Waals surface area contributed by atoms with Crippen molar-refractivity contribution in [2.75, 3.05) is 11.9 Å². The van der Waals surface area contributed by atoms with E-state index in [-0.39, 0.29) is 0 Å². The lowest BCUT2D eigenvalue weighted by atomic mass is 10.1. The fourth-order valence-corrected chi connectivity index (χ4v) is 2.65. The summed E-state index contributed by atoms with van der Waals surface area (Å²) >= 11 is 0. The van der Waals surface area contributed by atoms with Crippen molar-refractivity contribution in [2.24, 2.45) is 0 Å². The molecule has 0 aromatic carbocycles. The van der Waals surface area contributed by atoms with Crippen molar-refractivity contribution in [3.05, 3.63) is 23.4 Å². The molecule has 1 aromatic rings. The predicted octanol–water partition coefficient (Wildman–Crippen LogP) is 4.16. The number of rotatable bonds is 9. The van der Waals surface area contributed by atoms with Gasteiger partial charge in [0.25, 0.3) is 0 Å². The predicted molar refractivity (Wildman–Crippen MR) is 93.0 cm³/mol. The van der Waals surface area contributed by atoms with Crippen LogP contribution in [-0.4, -0.2) is 24.1 Å². The summed E-state index contributed by atoms with van der Waals surface area (Å²) in [4.78, 5) is 7.21. The summed E-state index contributed by atoms with van der Waals surface area (Å²) in [6.07, 6.45) is 4.51. The number of aromatic nitrogens is 1. The molecule has 21 heavy (non-hydrogen) atoms. The van der Waals surface area contributed by atoms with Crippen LogP contribution in [0.2, 0.25) is 0 Å². The quantitative estimate of drug-likeness (QED) is 0.740. The molecule has 0 aliphatic heterocycles. The van der Waals surface area contributed by atoms with Crippen molar-refractivity contribution < 1.29 is 0 Å². The van der Waals surface area contributed by atoms with Gasteiger partial charge in [-0.15, -0.1) is 0 Å². The van der Waals surface area contributed by atoms with Gasteiger partial charge in [0, 0.05) is 31.4 Å². The highest BCUT2D eigenvalue weighted by atomic mass is 15.2. The number of nitrogens with zero attached hydrogens (tertiary/aromatic N) is 2. The molecule has 0 unspecified atom stereocenters. The molecular weight excluding hydrogens is 258 g/mol. The van der Waals surface area contributed by atoms with Crippen molar-refractivity contribution in [1.29, 1.82) is 0 Å². The van der Waals surface area contributed by atoms with Crippen LogP contribution in [0.1, 0.15) is 65.1 Å². The Labute approximate surface area is 131 Å². The zero-order valence-corrected chi connectivity index (χ0v) is 14.7. The van der Waals surface area contributed by atoms with Crippen LogP contribution in [0.4, 0.5) is 5.82 Å². The molecule has 1 rings (SSSR count). The first-order chi connectivity index (χ1) is 10.0. The molecule has 1 heterocycles. The molecule has 3 nitrogen and oxygen atoms in total. The van der Waals surface area contributed by atoms with Gasteiger partial charge >= 0.3 is 0 Å². The smallest absolute Gasteiger partial charge is 0.129 e. The fraction of sp³-hybridized carbons (Fsp3) is 0.722. The normalized spacial score (nSPS) is 11.4. The van der Waals surface area contributed by atoms with Gasteiger partial charge in [-0.05, 0) is 37.0 Å². The number of nitrogens with one attached hydrogen (secondary N) is 1. The average Bonchev–Trinajstić information content (AvgIpc) is 2.46. The van der Waals surface area contributed by atoms with Gasteiger partial charge in [-0.2, -0.15) is 0 Å². The highest BCUT2D eigenvalue weighted by Gasteiger charge is 2.14. The van der Waals surface area contributed by atoms with Crippen LogP contribution in [0.5, 0.6) is 0 Å². The largest absolute Gasteiger partial charge is 0.357 e. The maximum absolute atomic E-state index is 4.87. The van der Waals surface area contributed by atoms with Gasteiger partial charge in [-0.25, -0.2) is 4.98 Å². The van der Waals surface area contributed by atoms with Gasteiger partial charge in [-0.3, -0.25) is 0 Å². The Kier molecular flexibility index (Phi) is 7.73. The topological polar surface area (TPSA) is 28.2 Å². The van der Waals surface area contributed by atoms with E-state index in [0.29, 0.717) is 12.1 Å². The first-order valence-electron chi connectivity index (χ1n) is 8.47. The second-order valence-electron chi connectivity index (χ2n) is 6.19. The van der Waals surface area contributed by atoms with Crippen LogP contribution in [0.3, 0.4) is 0 Å². The van der Waals surface area contributed by atoms with Gasteiger partial charge in [0.1, 0.15) is 5.82 Å². The van der Waals surface area contributed by atoms with E-state index < -0.39 is 0 Å². The molecule has 0 saturated heterocycles. The van der Waals surface area contributed by atoms with Crippen molar-refractivity contribution in [2.45, 2.75) is 78.9 Å². The Morgan fingerprint density at radius 1 is 1.14 bits per heavy atom. The monoisotopic (exact) mass is 291 g/mol. The van der Waals surface area contributed by atoms with Gasteiger partial charge in [-0.1, -0.05) is 41.0 Å². The van der Waals surface area contributed by atoms with Crippen LogP contribution in [0.15, 0.2) is 12.1 Å². The minimum atomic E-state index is 0.507. The average molecular weight is 291 g/mol. The van der Waals surface area contributed by atoms with Crippen molar-refractivity contribution >= 4 is 5.82 Å². The molecular formula is C18H33N3. The summed E-state index contributed by atoms with van der Waals surface area (Å²) in [5.74, 6) is 1.12. The number of hydrogen-bond acceptors (Lipinski definition) is 3. The third kappa shape index (κ3) is 5.66. The Morgan fingerprint density at radius 3 is 2.33 bits per heavy atom. The summed E-state index contributed by atoms with van der Waals surface area (Å²) in [6.45, 7) is 12.0. The minimum absolute atomic E-state index is 0.507. The number of aryl methyl sites for hydroxylation is 1. The number of anilines is 1. The fourth-order valence-electron chi connectivity index (χ4n) is 2.65. The van der Waals surface area contributed by atoms with E-state index in [4.69, 9.17) is 4.98 Å². The van der Waals surface area contributed by atoms with Gasteiger partial charge < -0.3 is 10.2 Å². The zero-order chi connectivity index (χ0) is 15.8. The van der Waals surface area contributed by atoms with Crippen molar-refractivity contribution in [3.8, 4) is 0 Å². The summed E-state index contributed by atoms with van der Waals surface area (Å²) < 4.78 is 0. The van der Waals surface area contributed by atoms with Crippen molar-refractivity contribution in [1.82, 2.24) is 10.3 Å². The van der Waals surface area contributed by atoms with Crippen LogP contribution in [0.25, 0.3) is 0 Å². The summed E-state index contributed by atoms with van der Waals surface area (Å²) in [5, 5.41) is 3.51. The molecule has 0 bridgehead atoms. The molecule has 1 N–H and O–H groups in total. The van der Waals surface area contributed by atoms with Gasteiger partial charge in [0.15, 0.2) is 0 Å². The maximum Gasteiger partial charge on any atom is 0.129 e. The minimum Gasteiger partial charge on any atom is -0.357 e. The molecule has 0 fully saturated rings. The van der Waals surface area contributed by atoms with Gasteiger partial charge in [0.2, 0.25) is 0 Å². The second-order valence-corrected chi connectivity index (χ2v) is 6.19. The molecule has 0 aliphatic carbocycles. The Morgan fingerprint density at radius 2 is 1.81 bits per heavy atom. The van der Waals surface area contributed by atoms with Crippen molar-refractivity contribution in [3.63, 3.8) is 0 Å². The molecule has 0 spiro atoms. The van der Waals surface area contributed by atoms with E-state index in [0.717, 1.165) is 38.0 Å². The lowest BCUT2D eigenvalue weighted by Gasteiger charge is -2.28. The lowest BCUT2D eigenvalue weighted by molar-refractivity contribution is 0.579. The Bertz CT molecular complexity index is 411. The number of hydrogen-bond donors (Lipinski definition) is 1. The van der Waals surface area contributed by atoms with E-state index in [1.165, 1.54) is 11.3 Å². The van der Waals surface area contributed by atoms with Gasteiger partial charge in [0.05, 0.1) is 0 Å². The third-order valence-corrected chi connectivity index (χ3v) is 4.00. The van der Waals surface area contributed by atoms with E-state index >= 15 is 0 Å². The van der Waals surface area contributed by atoms with E-state index in [2.05, 4.69) is 64.0 Å². The van der Waals surface area contributed by atoms with Crippen LogP contribution in [0, 0.1) is 0 Å². The van der Waals surface area contributed by atoms with E-state index in [1.807, 2.05) is 0 Å². The van der Waals surface area contributed by atoms with E-state index in [9.17, 15) is 0 Å². The molecule has 1 aromatic heterocycles. The Hall–Kier alpha value is -1.09. The van der Waals surface area contributed by atoms with Crippen LogP contribution >= 0.6 is 0 Å². The van der Waals surface area contributed by atoms with Crippen LogP contribution in [-0.2, 0) is 13.0 Å². The third-order valence-electron chi connectivity index (χ3n) is 4.00. The Balaban J connectivity index is 3.00. The second kappa shape index (κ2) is 9.04. The molecule has 0 aliphatic rings. The highest BCUT2D eigenvalue weighted by molar-refractivity contribution is 5.43. The molecule has 0 atom stereocenters. The highest BCUT2D eigenvalue weighted by Crippen LogP contribution is 2.20. The molecule has 120 valence electrons. The molecule has 3 heteroatoms. The molecule has 0 radical (unpaired) electrons. The molecule has 0 saturated carbocycles. The van der Waals surface area contributed by atoms with E-state index in [1.54, 1.807) is 0 Å². The summed E-state index contributed by atoms with van der Waals surface area (Å²) in [5.41, 5.74) is 2.56. The lowest BCUT2D eigenvalue weighted by Crippen LogP contribution is -2.31.